The van der Waals surface area contributed by atoms with E-state index in [1.165, 1.54) is 70.5 Å². The van der Waals surface area contributed by atoms with Gasteiger partial charge in [-0.15, -0.1) is 0 Å². The number of imidazole rings is 1. The van der Waals surface area contributed by atoms with E-state index in [-0.39, 0.29) is 0 Å². The first-order chi connectivity index (χ1) is 18.0. The van der Waals surface area contributed by atoms with Crippen molar-refractivity contribution in [3.8, 4) is 17.1 Å². The predicted molar refractivity (Wildman–Crippen MR) is 158 cm³/mol. The van der Waals surface area contributed by atoms with Crippen LogP contribution in [0.4, 0.5) is 0 Å². The second-order valence-corrected chi connectivity index (χ2v) is 11.4. The van der Waals surface area contributed by atoms with Crippen molar-refractivity contribution in [3.05, 3.63) is 83.4 Å². The molecule has 2 nitrogen and oxygen atoms in total. The van der Waals surface area contributed by atoms with Gasteiger partial charge in [0.1, 0.15) is 11.7 Å². The molecule has 3 aromatic carbocycles. The fourth-order valence-electron chi connectivity index (χ4n) is 6.93. The van der Waals surface area contributed by atoms with Gasteiger partial charge >= 0.3 is 0 Å². The minimum atomic E-state index is 0.448. The molecule has 1 aromatic heterocycles. The molecule has 2 heteroatoms. The number of para-hydroxylation sites is 3. The molecular formula is C35H45N2+. The highest BCUT2D eigenvalue weighted by Crippen LogP contribution is 2.45. The Bertz CT molecular complexity index is 1380. The van der Waals surface area contributed by atoms with E-state index in [1.54, 1.807) is 0 Å². The van der Waals surface area contributed by atoms with E-state index in [0.29, 0.717) is 23.8 Å². The van der Waals surface area contributed by atoms with Gasteiger partial charge in [0.15, 0.2) is 11.0 Å². The molecule has 0 amide bonds. The Morgan fingerprint density at radius 3 is 2.24 bits per heavy atom. The fraction of sp³-hybridized carbons (Fsp3) is 0.457. The number of rotatable bonds is 9. The molecule has 0 spiro atoms. The summed E-state index contributed by atoms with van der Waals surface area (Å²) in [7, 11) is 0. The lowest BCUT2D eigenvalue weighted by molar-refractivity contribution is -0.694. The fourth-order valence-corrected chi connectivity index (χ4v) is 6.93. The van der Waals surface area contributed by atoms with Crippen LogP contribution in [0.3, 0.4) is 0 Å². The van der Waals surface area contributed by atoms with Crippen molar-refractivity contribution in [2.75, 3.05) is 0 Å². The van der Waals surface area contributed by atoms with Crippen LogP contribution in [0.5, 0.6) is 0 Å². The van der Waals surface area contributed by atoms with Crippen LogP contribution in [0, 0.1) is 0 Å². The topological polar surface area (TPSA) is 8.81 Å². The minimum absolute atomic E-state index is 0.448. The average Bonchev–Trinajstić information content (AvgIpc) is 3.26. The lowest BCUT2D eigenvalue weighted by atomic mass is 9.81. The van der Waals surface area contributed by atoms with Crippen LogP contribution in [0.2, 0.25) is 0 Å². The van der Waals surface area contributed by atoms with Gasteiger partial charge in [-0.05, 0) is 54.9 Å². The standard InChI is InChI=1S/C35H45N2/c1-7-10-11-17-25(6)28-21-16-20-27(24(4)5)34(28)37-33-23-15-14-22-32(33)36-31(9-3)26(8-2)29-18-12-13-19-30(29)35(36)37/h12-16,18-26,31H,7-11,17H2,1-6H3/q+1. The summed E-state index contributed by atoms with van der Waals surface area (Å²) in [6, 6.07) is 25.9. The Kier molecular flexibility index (Phi) is 7.56. The second-order valence-electron chi connectivity index (χ2n) is 11.4. The molecule has 4 aromatic rings. The van der Waals surface area contributed by atoms with Gasteiger partial charge in [0.05, 0.1) is 5.56 Å². The van der Waals surface area contributed by atoms with E-state index >= 15 is 0 Å². The highest BCUT2D eigenvalue weighted by atomic mass is 15.2. The van der Waals surface area contributed by atoms with E-state index in [1.807, 2.05) is 0 Å². The van der Waals surface area contributed by atoms with E-state index < -0.39 is 0 Å². The predicted octanol–water partition coefficient (Wildman–Crippen LogP) is 9.85. The second kappa shape index (κ2) is 10.9. The molecule has 2 heterocycles. The zero-order chi connectivity index (χ0) is 26.1. The first-order valence-electron chi connectivity index (χ1n) is 14.8. The number of hydrogen-bond acceptors (Lipinski definition) is 0. The maximum atomic E-state index is 2.70. The summed E-state index contributed by atoms with van der Waals surface area (Å²) in [6.45, 7) is 14.2. The van der Waals surface area contributed by atoms with Gasteiger partial charge in [-0.2, -0.15) is 4.57 Å². The van der Waals surface area contributed by atoms with Crippen molar-refractivity contribution in [2.45, 2.75) is 104 Å². The van der Waals surface area contributed by atoms with Crippen molar-refractivity contribution in [1.82, 2.24) is 4.57 Å². The quantitative estimate of drug-likeness (QED) is 0.162. The van der Waals surface area contributed by atoms with Crippen LogP contribution in [0.15, 0.2) is 66.7 Å². The molecule has 0 radical (unpaired) electrons. The SMILES string of the molecule is CCCCCC(C)c1cccc(C(C)C)c1-n1c2[n+](c3ccccc31)C(CC)C(CC)c1ccccc1-2. The minimum Gasteiger partial charge on any atom is -0.219 e. The number of nitrogens with zero attached hydrogens (tertiary/aromatic N) is 2. The highest BCUT2D eigenvalue weighted by molar-refractivity contribution is 5.81. The van der Waals surface area contributed by atoms with Gasteiger partial charge in [0.25, 0.3) is 5.82 Å². The number of unbranched alkanes of at least 4 members (excludes halogenated alkanes) is 2. The summed E-state index contributed by atoms with van der Waals surface area (Å²) in [4.78, 5) is 0. The zero-order valence-electron chi connectivity index (χ0n) is 23.8. The molecule has 0 saturated carbocycles. The molecule has 1 aliphatic heterocycles. The van der Waals surface area contributed by atoms with Crippen LogP contribution in [-0.4, -0.2) is 4.57 Å². The third-order valence-electron chi connectivity index (χ3n) is 8.79. The molecule has 0 N–H and O–H groups in total. The van der Waals surface area contributed by atoms with Crippen molar-refractivity contribution in [2.24, 2.45) is 0 Å². The van der Waals surface area contributed by atoms with Crippen molar-refractivity contribution in [1.29, 1.82) is 0 Å². The van der Waals surface area contributed by atoms with Crippen LogP contribution in [0.25, 0.3) is 28.1 Å². The van der Waals surface area contributed by atoms with E-state index in [2.05, 4.69) is 117 Å². The highest BCUT2D eigenvalue weighted by Gasteiger charge is 2.42. The summed E-state index contributed by atoms with van der Waals surface area (Å²) in [5.41, 5.74) is 9.98. The molecule has 3 unspecified atom stereocenters. The number of fused-ring (bicyclic) bond motifs is 5. The normalized spacial score (nSPS) is 17.7. The van der Waals surface area contributed by atoms with Gasteiger partial charge in [-0.25, -0.2) is 4.57 Å². The summed E-state index contributed by atoms with van der Waals surface area (Å²) in [5, 5.41) is 0. The third-order valence-corrected chi connectivity index (χ3v) is 8.79. The molecule has 0 bridgehead atoms. The smallest absolute Gasteiger partial charge is 0.219 e. The van der Waals surface area contributed by atoms with Gasteiger partial charge in [0.2, 0.25) is 0 Å². The molecular weight excluding hydrogens is 448 g/mol. The molecule has 1 aliphatic rings. The molecule has 5 rings (SSSR count). The molecule has 3 atom stereocenters. The van der Waals surface area contributed by atoms with E-state index in [9.17, 15) is 0 Å². The lowest BCUT2D eigenvalue weighted by Gasteiger charge is -2.31. The Morgan fingerprint density at radius 1 is 0.784 bits per heavy atom. The van der Waals surface area contributed by atoms with Crippen LogP contribution in [-0.2, 0) is 0 Å². The summed E-state index contributed by atoms with van der Waals surface area (Å²) >= 11 is 0. The van der Waals surface area contributed by atoms with Crippen molar-refractivity contribution < 1.29 is 4.57 Å². The number of benzene rings is 3. The largest absolute Gasteiger partial charge is 0.295 e. The van der Waals surface area contributed by atoms with Gasteiger partial charge < -0.3 is 0 Å². The average molecular weight is 494 g/mol. The van der Waals surface area contributed by atoms with E-state index in [4.69, 9.17) is 0 Å². The van der Waals surface area contributed by atoms with Gasteiger partial charge in [-0.3, -0.25) is 0 Å². The number of aromatic nitrogens is 2. The maximum absolute atomic E-state index is 2.70. The lowest BCUT2D eigenvalue weighted by Crippen LogP contribution is -2.47. The van der Waals surface area contributed by atoms with Gasteiger partial charge in [0, 0.05) is 17.0 Å². The maximum Gasteiger partial charge on any atom is 0.295 e. The molecule has 0 fully saturated rings. The zero-order valence-corrected chi connectivity index (χ0v) is 23.8. The Morgan fingerprint density at radius 2 is 1.51 bits per heavy atom. The van der Waals surface area contributed by atoms with Crippen molar-refractivity contribution in [3.63, 3.8) is 0 Å². The monoisotopic (exact) mass is 493 g/mol. The summed E-state index contributed by atoms with van der Waals surface area (Å²) < 4.78 is 5.36. The third kappa shape index (κ3) is 4.33. The summed E-state index contributed by atoms with van der Waals surface area (Å²) in [6.07, 6.45) is 7.40. The summed E-state index contributed by atoms with van der Waals surface area (Å²) in [5.74, 6) is 2.87. The molecule has 0 aliphatic carbocycles. The Hall–Kier alpha value is -2.87. The van der Waals surface area contributed by atoms with Crippen LogP contribution < -0.4 is 4.57 Å². The Balaban J connectivity index is 1.88. The van der Waals surface area contributed by atoms with Crippen molar-refractivity contribution >= 4 is 11.0 Å². The van der Waals surface area contributed by atoms with E-state index in [0.717, 1.165) is 12.8 Å². The molecule has 0 saturated heterocycles. The first-order valence-corrected chi connectivity index (χ1v) is 14.8. The molecule has 37 heavy (non-hydrogen) atoms. The molecule has 194 valence electrons. The van der Waals surface area contributed by atoms with Crippen LogP contribution in [0.1, 0.15) is 121 Å². The Labute approximate surface area is 224 Å². The number of hydrogen-bond donors (Lipinski definition) is 0. The first kappa shape index (κ1) is 25.8. The van der Waals surface area contributed by atoms with Gasteiger partial charge in [-0.1, -0.05) is 109 Å². The van der Waals surface area contributed by atoms with Crippen LogP contribution >= 0.6 is 0 Å².